The molecule has 0 spiro atoms. The SMILES string of the molecule is CC(NCCO)c1ccc(Cl)c(Cl)c1. The number of aliphatic hydroxyl groups excluding tert-OH is 1. The summed E-state index contributed by atoms with van der Waals surface area (Å²) in [7, 11) is 0. The van der Waals surface area contributed by atoms with Crippen molar-refractivity contribution < 1.29 is 5.11 Å². The third kappa shape index (κ3) is 3.14. The van der Waals surface area contributed by atoms with E-state index in [2.05, 4.69) is 5.32 Å². The maximum Gasteiger partial charge on any atom is 0.0595 e. The third-order valence-electron chi connectivity index (χ3n) is 2.01. The van der Waals surface area contributed by atoms with E-state index in [0.29, 0.717) is 16.6 Å². The largest absolute Gasteiger partial charge is 0.395 e. The minimum atomic E-state index is 0.131. The minimum absolute atomic E-state index is 0.131. The summed E-state index contributed by atoms with van der Waals surface area (Å²) >= 11 is 11.7. The average Bonchev–Trinajstić information content (AvgIpc) is 2.18. The molecule has 1 unspecified atom stereocenters. The maximum atomic E-state index is 8.65. The van der Waals surface area contributed by atoms with Crippen LogP contribution in [0, 0.1) is 0 Å². The zero-order chi connectivity index (χ0) is 10.6. The molecule has 78 valence electrons. The third-order valence-corrected chi connectivity index (χ3v) is 2.75. The lowest BCUT2D eigenvalue weighted by Crippen LogP contribution is -2.21. The van der Waals surface area contributed by atoms with E-state index >= 15 is 0 Å². The second-order valence-electron chi connectivity index (χ2n) is 3.07. The number of benzene rings is 1. The van der Waals surface area contributed by atoms with Crippen molar-refractivity contribution in [1.82, 2.24) is 5.32 Å². The van der Waals surface area contributed by atoms with E-state index in [1.54, 1.807) is 6.07 Å². The average molecular weight is 234 g/mol. The highest BCUT2D eigenvalue weighted by molar-refractivity contribution is 6.42. The zero-order valence-corrected chi connectivity index (χ0v) is 9.44. The molecule has 4 heteroatoms. The van der Waals surface area contributed by atoms with Crippen LogP contribution >= 0.6 is 23.2 Å². The van der Waals surface area contributed by atoms with E-state index in [-0.39, 0.29) is 12.6 Å². The summed E-state index contributed by atoms with van der Waals surface area (Å²) in [5.74, 6) is 0. The molecule has 0 radical (unpaired) electrons. The highest BCUT2D eigenvalue weighted by Gasteiger charge is 2.06. The molecule has 0 aliphatic carbocycles. The van der Waals surface area contributed by atoms with Crippen LogP contribution in [0.15, 0.2) is 18.2 Å². The first kappa shape index (κ1) is 11.8. The molecule has 0 saturated carbocycles. The van der Waals surface area contributed by atoms with E-state index in [0.717, 1.165) is 5.56 Å². The van der Waals surface area contributed by atoms with Crippen LogP contribution in [0.5, 0.6) is 0 Å². The van der Waals surface area contributed by atoms with Crippen molar-refractivity contribution in [3.8, 4) is 0 Å². The van der Waals surface area contributed by atoms with Crippen LogP contribution in [0.4, 0.5) is 0 Å². The van der Waals surface area contributed by atoms with Gasteiger partial charge in [0.1, 0.15) is 0 Å². The van der Waals surface area contributed by atoms with Crippen molar-refractivity contribution in [3.05, 3.63) is 33.8 Å². The van der Waals surface area contributed by atoms with Crippen molar-refractivity contribution in [2.75, 3.05) is 13.2 Å². The Labute approximate surface area is 93.8 Å². The molecule has 1 aromatic carbocycles. The Hall–Kier alpha value is -0.280. The molecule has 0 aliphatic heterocycles. The molecule has 0 fully saturated rings. The minimum Gasteiger partial charge on any atom is -0.395 e. The smallest absolute Gasteiger partial charge is 0.0595 e. The van der Waals surface area contributed by atoms with E-state index in [1.807, 2.05) is 19.1 Å². The van der Waals surface area contributed by atoms with E-state index in [9.17, 15) is 0 Å². The standard InChI is InChI=1S/C10H13Cl2NO/c1-7(13-4-5-14)8-2-3-9(11)10(12)6-8/h2-3,6-7,13-14H,4-5H2,1H3. The molecule has 2 nitrogen and oxygen atoms in total. The molecule has 1 atom stereocenters. The fourth-order valence-electron chi connectivity index (χ4n) is 1.18. The summed E-state index contributed by atoms with van der Waals surface area (Å²) in [6.07, 6.45) is 0. The molecule has 2 N–H and O–H groups in total. The van der Waals surface area contributed by atoms with Crippen LogP contribution in [0.25, 0.3) is 0 Å². The maximum absolute atomic E-state index is 8.65. The van der Waals surface area contributed by atoms with Crippen molar-refractivity contribution in [1.29, 1.82) is 0 Å². The van der Waals surface area contributed by atoms with Crippen molar-refractivity contribution in [2.45, 2.75) is 13.0 Å². The van der Waals surface area contributed by atoms with Gasteiger partial charge in [0.15, 0.2) is 0 Å². The van der Waals surface area contributed by atoms with Crippen molar-refractivity contribution in [3.63, 3.8) is 0 Å². The van der Waals surface area contributed by atoms with Gasteiger partial charge in [-0.1, -0.05) is 29.3 Å². The van der Waals surface area contributed by atoms with Crippen LogP contribution in [0.3, 0.4) is 0 Å². The first-order valence-corrected chi connectivity index (χ1v) is 5.20. The van der Waals surface area contributed by atoms with Crippen LogP contribution in [-0.4, -0.2) is 18.3 Å². The van der Waals surface area contributed by atoms with Gasteiger partial charge in [0.05, 0.1) is 16.7 Å². The van der Waals surface area contributed by atoms with E-state index < -0.39 is 0 Å². The second kappa shape index (κ2) is 5.56. The molecule has 0 aromatic heterocycles. The number of nitrogens with one attached hydrogen (secondary N) is 1. The van der Waals surface area contributed by atoms with Crippen LogP contribution in [0.2, 0.25) is 10.0 Å². The number of aliphatic hydroxyl groups is 1. The molecule has 0 heterocycles. The molecule has 1 rings (SSSR count). The predicted molar refractivity (Wildman–Crippen MR) is 60.0 cm³/mol. The monoisotopic (exact) mass is 233 g/mol. The highest BCUT2D eigenvalue weighted by atomic mass is 35.5. The highest BCUT2D eigenvalue weighted by Crippen LogP contribution is 2.25. The first-order valence-electron chi connectivity index (χ1n) is 4.44. The summed E-state index contributed by atoms with van der Waals surface area (Å²) in [4.78, 5) is 0. The molecule has 0 saturated heterocycles. The van der Waals surface area contributed by atoms with Gasteiger partial charge in [-0.2, -0.15) is 0 Å². The normalized spacial score (nSPS) is 12.9. The second-order valence-corrected chi connectivity index (χ2v) is 3.89. The molecular formula is C10H13Cl2NO. The van der Waals surface area contributed by atoms with E-state index in [1.165, 1.54) is 0 Å². The summed E-state index contributed by atoms with van der Waals surface area (Å²) in [5.41, 5.74) is 1.06. The van der Waals surface area contributed by atoms with Gasteiger partial charge in [0.25, 0.3) is 0 Å². The van der Waals surface area contributed by atoms with Gasteiger partial charge in [-0.25, -0.2) is 0 Å². The summed E-state index contributed by atoms with van der Waals surface area (Å²) in [6.45, 7) is 2.71. The Morgan fingerprint density at radius 2 is 2.07 bits per heavy atom. The van der Waals surface area contributed by atoms with Gasteiger partial charge in [-0.15, -0.1) is 0 Å². The van der Waals surface area contributed by atoms with Crippen LogP contribution in [0.1, 0.15) is 18.5 Å². The Bertz CT molecular complexity index is 304. The number of halogens is 2. The Morgan fingerprint density at radius 1 is 1.36 bits per heavy atom. The van der Waals surface area contributed by atoms with Gasteiger partial charge in [0, 0.05) is 12.6 Å². The number of hydrogen-bond donors (Lipinski definition) is 2. The van der Waals surface area contributed by atoms with Gasteiger partial charge < -0.3 is 10.4 Å². The Kier molecular flexibility index (Phi) is 4.69. The van der Waals surface area contributed by atoms with Crippen molar-refractivity contribution in [2.24, 2.45) is 0 Å². The lowest BCUT2D eigenvalue weighted by molar-refractivity contribution is 0.286. The summed E-state index contributed by atoms with van der Waals surface area (Å²) in [5, 5.41) is 12.9. The molecular weight excluding hydrogens is 221 g/mol. The van der Waals surface area contributed by atoms with Crippen LogP contribution < -0.4 is 5.32 Å². The van der Waals surface area contributed by atoms with E-state index in [4.69, 9.17) is 28.3 Å². The lowest BCUT2D eigenvalue weighted by atomic mass is 10.1. The van der Waals surface area contributed by atoms with Gasteiger partial charge >= 0.3 is 0 Å². The van der Waals surface area contributed by atoms with Crippen LogP contribution in [-0.2, 0) is 0 Å². The lowest BCUT2D eigenvalue weighted by Gasteiger charge is -2.13. The Morgan fingerprint density at radius 3 is 2.64 bits per heavy atom. The molecule has 1 aromatic rings. The molecule has 0 aliphatic rings. The molecule has 0 bridgehead atoms. The topological polar surface area (TPSA) is 32.3 Å². The molecule has 0 amide bonds. The summed E-state index contributed by atoms with van der Waals surface area (Å²) < 4.78 is 0. The van der Waals surface area contributed by atoms with Crippen molar-refractivity contribution >= 4 is 23.2 Å². The number of hydrogen-bond acceptors (Lipinski definition) is 2. The fraction of sp³-hybridized carbons (Fsp3) is 0.400. The Balaban J connectivity index is 2.70. The first-order chi connectivity index (χ1) is 6.65. The van der Waals surface area contributed by atoms with Gasteiger partial charge in [-0.3, -0.25) is 0 Å². The van der Waals surface area contributed by atoms with Gasteiger partial charge in [-0.05, 0) is 24.6 Å². The fourth-order valence-corrected chi connectivity index (χ4v) is 1.49. The quantitative estimate of drug-likeness (QED) is 0.839. The van der Waals surface area contributed by atoms with Gasteiger partial charge in [0.2, 0.25) is 0 Å². The summed E-state index contributed by atoms with van der Waals surface area (Å²) in [6, 6.07) is 5.69. The predicted octanol–water partition coefficient (Wildman–Crippen LogP) is 2.64. The zero-order valence-electron chi connectivity index (χ0n) is 7.93. The number of rotatable bonds is 4. The molecule has 14 heavy (non-hydrogen) atoms.